The van der Waals surface area contributed by atoms with Gasteiger partial charge in [0.15, 0.2) is 0 Å². The summed E-state index contributed by atoms with van der Waals surface area (Å²) in [5.41, 5.74) is 5.53. The highest BCUT2D eigenvalue weighted by Gasteiger charge is 2.14. The molecule has 1 heterocycles. The number of carbonyl (C=O) groups is 2. The molecule has 0 bridgehead atoms. The number of nitrogens with two attached hydrogens (primary N) is 1. The number of nitrogens with zero attached hydrogens (tertiary/aromatic N) is 1. The monoisotopic (exact) mass is 250 g/mol. The Balaban J connectivity index is 2.49. The first kappa shape index (κ1) is 14.0. The van der Waals surface area contributed by atoms with Gasteiger partial charge in [-0.15, -0.1) is 0 Å². The van der Waals surface area contributed by atoms with E-state index in [4.69, 9.17) is 5.73 Å². The second kappa shape index (κ2) is 5.48. The zero-order valence-corrected chi connectivity index (χ0v) is 10.8. The fourth-order valence-corrected chi connectivity index (χ4v) is 1.31. The summed E-state index contributed by atoms with van der Waals surface area (Å²) in [4.78, 5) is 27.0. The first-order chi connectivity index (χ1) is 8.28. The first-order valence-corrected chi connectivity index (χ1v) is 5.59. The number of amides is 2. The van der Waals surface area contributed by atoms with Gasteiger partial charge in [0.2, 0.25) is 5.91 Å². The number of nitrogens with one attached hydrogen (secondary N) is 2. The summed E-state index contributed by atoms with van der Waals surface area (Å²) >= 11 is 0. The van der Waals surface area contributed by atoms with Crippen molar-refractivity contribution < 1.29 is 9.59 Å². The van der Waals surface area contributed by atoms with Crippen LogP contribution in [-0.2, 0) is 4.79 Å². The summed E-state index contributed by atoms with van der Waals surface area (Å²) in [6, 6.07) is 2.99. The summed E-state index contributed by atoms with van der Waals surface area (Å²) in [6.45, 7) is 5.54. The lowest BCUT2D eigenvalue weighted by atomic mass is 10.1. The zero-order chi connectivity index (χ0) is 13.8. The van der Waals surface area contributed by atoms with Gasteiger partial charge in [0, 0.05) is 17.3 Å². The molecule has 0 saturated carbocycles. The molecule has 98 valence electrons. The molecule has 1 rings (SSSR count). The summed E-state index contributed by atoms with van der Waals surface area (Å²) in [5, 5.41) is 5.26. The van der Waals surface area contributed by atoms with Crippen molar-refractivity contribution in [3.8, 4) is 0 Å². The largest absolute Gasteiger partial charge is 0.384 e. The van der Waals surface area contributed by atoms with Crippen LogP contribution in [0.15, 0.2) is 18.3 Å². The Kier molecular flexibility index (Phi) is 4.25. The lowest BCUT2D eigenvalue weighted by Gasteiger charge is -2.20. The van der Waals surface area contributed by atoms with E-state index in [1.807, 2.05) is 20.8 Å². The van der Waals surface area contributed by atoms with Crippen molar-refractivity contribution in [2.75, 3.05) is 12.3 Å². The van der Waals surface area contributed by atoms with Gasteiger partial charge in [0.1, 0.15) is 5.82 Å². The molecular weight excluding hydrogens is 232 g/mol. The zero-order valence-electron chi connectivity index (χ0n) is 10.8. The minimum atomic E-state index is -0.354. The average Bonchev–Trinajstić information content (AvgIpc) is 2.23. The Morgan fingerprint density at radius 3 is 2.61 bits per heavy atom. The van der Waals surface area contributed by atoms with Crippen molar-refractivity contribution >= 4 is 17.6 Å². The molecule has 6 nitrogen and oxygen atoms in total. The molecule has 0 aliphatic heterocycles. The fraction of sp³-hybridized carbons (Fsp3) is 0.417. The molecule has 1 aromatic heterocycles. The number of anilines is 1. The van der Waals surface area contributed by atoms with Crippen LogP contribution in [0.4, 0.5) is 5.82 Å². The number of pyridine rings is 1. The number of aromatic nitrogens is 1. The molecule has 18 heavy (non-hydrogen) atoms. The normalized spacial score (nSPS) is 10.8. The van der Waals surface area contributed by atoms with Gasteiger partial charge in [-0.3, -0.25) is 9.59 Å². The van der Waals surface area contributed by atoms with Gasteiger partial charge in [0.05, 0.1) is 6.54 Å². The van der Waals surface area contributed by atoms with Crippen LogP contribution in [-0.4, -0.2) is 28.9 Å². The molecule has 0 atom stereocenters. The van der Waals surface area contributed by atoms with Crippen molar-refractivity contribution in [2.45, 2.75) is 26.3 Å². The highest BCUT2D eigenvalue weighted by molar-refractivity contribution is 5.96. The topological polar surface area (TPSA) is 97.1 Å². The molecule has 0 aliphatic rings. The summed E-state index contributed by atoms with van der Waals surface area (Å²) < 4.78 is 0. The summed E-state index contributed by atoms with van der Waals surface area (Å²) in [5.74, 6) is -0.326. The maximum atomic E-state index is 11.7. The molecule has 0 spiro atoms. The third-order valence-electron chi connectivity index (χ3n) is 1.97. The lowest BCUT2D eigenvalue weighted by Crippen LogP contribution is -2.45. The van der Waals surface area contributed by atoms with Gasteiger partial charge in [-0.05, 0) is 32.9 Å². The van der Waals surface area contributed by atoms with Crippen molar-refractivity contribution in [1.29, 1.82) is 0 Å². The van der Waals surface area contributed by atoms with Gasteiger partial charge in [-0.25, -0.2) is 4.98 Å². The Morgan fingerprint density at radius 1 is 1.39 bits per heavy atom. The van der Waals surface area contributed by atoms with Crippen LogP contribution >= 0.6 is 0 Å². The van der Waals surface area contributed by atoms with Crippen molar-refractivity contribution in [2.24, 2.45) is 0 Å². The van der Waals surface area contributed by atoms with E-state index in [0.717, 1.165) is 0 Å². The van der Waals surface area contributed by atoms with Crippen LogP contribution in [0, 0.1) is 0 Å². The first-order valence-electron chi connectivity index (χ1n) is 5.59. The smallest absolute Gasteiger partial charge is 0.251 e. The fourth-order valence-electron chi connectivity index (χ4n) is 1.31. The number of nitrogen functional groups attached to an aromatic ring is 1. The van der Waals surface area contributed by atoms with Crippen LogP contribution < -0.4 is 16.4 Å². The SMILES string of the molecule is CC(C)(C)NC(=O)CNC(=O)c1ccnc(N)c1. The van der Waals surface area contributed by atoms with Gasteiger partial charge in [0.25, 0.3) is 5.91 Å². The summed E-state index contributed by atoms with van der Waals surface area (Å²) in [7, 11) is 0. The van der Waals surface area contributed by atoms with Crippen LogP contribution in [0.3, 0.4) is 0 Å². The van der Waals surface area contributed by atoms with Gasteiger partial charge >= 0.3 is 0 Å². The van der Waals surface area contributed by atoms with E-state index in [1.54, 1.807) is 0 Å². The number of hydrogen-bond acceptors (Lipinski definition) is 4. The van der Waals surface area contributed by atoms with E-state index in [1.165, 1.54) is 18.3 Å². The Morgan fingerprint density at radius 2 is 2.06 bits per heavy atom. The molecule has 0 unspecified atom stereocenters. The quantitative estimate of drug-likeness (QED) is 0.719. The standard InChI is InChI=1S/C12H18N4O2/c1-12(2,3)16-10(17)7-15-11(18)8-4-5-14-9(13)6-8/h4-6H,7H2,1-3H3,(H2,13,14)(H,15,18)(H,16,17). The molecule has 6 heteroatoms. The predicted octanol–water partition coefficient (Wildman–Crippen LogP) is 0.308. The second-order valence-corrected chi connectivity index (χ2v) is 4.95. The predicted molar refractivity (Wildman–Crippen MR) is 68.9 cm³/mol. The van der Waals surface area contributed by atoms with E-state index in [2.05, 4.69) is 15.6 Å². The maximum absolute atomic E-state index is 11.7. The Hall–Kier alpha value is -2.11. The summed E-state index contributed by atoms with van der Waals surface area (Å²) in [6.07, 6.45) is 1.44. The third-order valence-corrected chi connectivity index (χ3v) is 1.97. The molecular formula is C12H18N4O2. The number of carbonyl (C=O) groups excluding carboxylic acids is 2. The van der Waals surface area contributed by atoms with Crippen LogP contribution in [0.25, 0.3) is 0 Å². The van der Waals surface area contributed by atoms with Crippen molar-refractivity contribution in [3.05, 3.63) is 23.9 Å². The number of rotatable bonds is 3. The third kappa shape index (κ3) is 4.82. The van der Waals surface area contributed by atoms with Crippen molar-refractivity contribution in [3.63, 3.8) is 0 Å². The highest BCUT2D eigenvalue weighted by atomic mass is 16.2. The minimum Gasteiger partial charge on any atom is -0.384 e. The minimum absolute atomic E-state index is 0.0711. The van der Waals surface area contributed by atoms with Gasteiger partial charge in [-0.1, -0.05) is 0 Å². The highest BCUT2D eigenvalue weighted by Crippen LogP contribution is 2.02. The molecule has 0 saturated heterocycles. The van der Waals surface area contributed by atoms with Crippen LogP contribution in [0.1, 0.15) is 31.1 Å². The number of hydrogen-bond donors (Lipinski definition) is 3. The maximum Gasteiger partial charge on any atom is 0.251 e. The van der Waals surface area contributed by atoms with Gasteiger partial charge < -0.3 is 16.4 Å². The van der Waals surface area contributed by atoms with Crippen LogP contribution in [0.5, 0.6) is 0 Å². The van der Waals surface area contributed by atoms with E-state index in [9.17, 15) is 9.59 Å². The van der Waals surface area contributed by atoms with Gasteiger partial charge in [-0.2, -0.15) is 0 Å². The van der Waals surface area contributed by atoms with E-state index in [-0.39, 0.29) is 29.7 Å². The molecule has 2 amide bonds. The van der Waals surface area contributed by atoms with E-state index < -0.39 is 0 Å². The van der Waals surface area contributed by atoms with E-state index >= 15 is 0 Å². The average molecular weight is 250 g/mol. The Bertz CT molecular complexity index is 452. The van der Waals surface area contributed by atoms with E-state index in [0.29, 0.717) is 5.56 Å². The second-order valence-electron chi connectivity index (χ2n) is 4.95. The molecule has 0 fully saturated rings. The molecule has 0 aromatic carbocycles. The van der Waals surface area contributed by atoms with Crippen molar-refractivity contribution in [1.82, 2.24) is 15.6 Å². The molecule has 4 N–H and O–H groups in total. The lowest BCUT2D eigenvalue weighted by molar-refractivity contribution is -0.121. The van der Waals surface area contributed by atoms with Crippen LogP contribution in [0.2, 0.25) is 0 Å². The molecule has 0 radical (unpaired) electrons. The molecule has 1 aromatic rings. The Labute approximate surface area is 106 Å². The molecule has 0 aliphatic carbocycles.